The molecule has 0 saturated heterocycles. The molecule has 0 unspecified atom stereocenters. The summed E-state index contributed by atoms with van der Waals surface area (Å²) < 4.78 is 0. The molecule has 1 aromatic rings. The molecule has 1 aromatic heterocycles. The Labute approximate surface area is 89.0 Å². The predicted octanol–water partition coefficient (Wildman–Crippen LogP) is 1.72. The van der Waals surface area contributed by atoms with Gasteiger partial charge in [0, 0.05) is 12.1 Å². The quantitative estimate of drug-likeness (QED) is 0.319. The standard InChI is InChI=1S/C11H14N2O2/c1-9-5-3-6-11(12-9)10(2)13-15-8-4-7-14/h3,5-7H,4,8H2,1-2H3/b13-10+. The van der Waals surface area contributed by atoms with Gasteiger partial charge < -0.3 is 9.63 Å². The van der Waals surface area contributed by atoms with E-state index in [4.69, 9.17) is 4.84 Å². The number of pyridine rings is 1. The summed E-state index contributed by atoms with van der Waals surface area (Å²) in [6, 6.07) is 5.71. The molecule has 0 spiro atoms. The summed E-state index contributed by atoms with van der Waals surface area (Å²) in [4.78, 5) is 19.3. The summed E-state index contributed by atoms with van der Waals surface area (Å²) in [5, 5.41) is 3.87. The molecule has 1 rings (SSSR count). The molecule has 0 amide bonds. The van der Waals surface area contributed by atoms with Gasteiger partial charge in [0.15, 0.2) is 0 Å². The average Bonchev–Trinajstić information content (AvgIpc) is 2.24. The molecule has 0 bridgehead atoms. The van der Waals surface area contributed by atoms with Crippen molar-refractivity contribution in [2.75, 3.05) is 6.61 Å². The van der Waals surface area contributed by atoms with Gasteiger partial charge in [-0.15, -0.1) is 0 Å². The molecule has 4 nitrogen and oxygen atoms in total. The van der Waals surface area contributed by atoms with Gasteiger partial charge in [0.05, 0.1) is 5.69 Å². The first kappa shape index (κ1) is 11.4. The average molecular weight is 206 g/mol. The molecule has 0 atom stereocenters. The number of hydrogen-bond acceptors (Lipinski definition) is 4. The monoisotopic (exact) mass is 206 g/mol. The van der Waals surface area contributed by atoms with Gasteiger partial charge in [0.1, 0.15) is 18.6 Å². The van der Waals surface area contributed by atoms with Gasteiger partial charge >= 0.3 is 0 Å². The number of aromatic nitrogens is 1. The Hall–Kier alpha value is -1.71. The lowest BCUT2D eigenvalue weighted by Crippen LogP contribution is -2.01. The summed E-state index contributed by atoms with van der Waals surface area (Å²) in [6.07, 6.45) is 1.16. The van der Waals surface area contributed by atoms with Gasteiger partial charge in [-0.05, 0) is 26.0 Å². The Morgan fingerprint density at radius 1 is 1.60 bits per heavy atom. The van der Waals surface area contributed by atoms with Gasteiger partial charge in [0.25, 0.3) is 0 Å². The molecule has 0 N–H and O–H groups in total. The molecule has 80 valence electrons. The molecule has 0 aliphatic carbocycles. The topological polar surface area (TPSA) is 51.5 Å². The fourth-order valence-corrected chi connectivity index (χ4v) is 1.03. The lowest BCUT2D eigenvalue weighted by atomic mass is 10.2. The molecule has 0 aliphatic heterocycles. The Morgan fingerprint density at radius 3 is 3.07 bits per heavy atom. The SMILES string of the molecule is C/C(=N\OCCC=O)c1cccc(C)n1. The van der Waals surface area contributed by atoms with Crippen LogP contribution in [-0.4, -0.2) is 23.6 Å². The normalized spacial score (nSPS) is 11.2. The lowest BCUT2D eigenvalue weighted by molar-refractivity contribution is -0.108. The second kappa shape index (κ2) is 5.90. The van der Waals surface area contributed by atoms with E-state index in [1.807, 2.05) is 32.0 Å². The number of carbonyl (C=O) groups is 1. The molecular formula is C11H14N2O2. The summed E-state index contributed by atoms with van der Waals surface area (Å²) in [5.41, 5.74) is 2.45. The van der Waals surface area contributed by atoms with E-state index in [9.17, 15) is 4.79 Å². The van der Waals surface area contributed by atoms with Crippen LogP contribution in [0.3, 0.4) is 0 Å². The van der Waals surface area contributed by atoms with Crippen molar-refractivity contribution >= 4 is 12.0 Å². The molecule has 0 radical (unpaired) electrons. The second-order valence-corrected chi connectivity index (χ2v) is 3.13. The minimum atomic E-state index is 0.312. The molecule has 1 heterocycles. The van der Waals surface area contributed by atoms with E-state index < -0.39 is 0 Å². The van der Waals surface area contributed by atoms with E-state index in [2.05, 4.69) is 10.1 Å². The maximum atomic E-state index is 10.0. The smallest absolute Gasteiger partial charge is 0.123 e. The Morgan fingerprint density at radius 2 is 2.40 bits per heavy atom. The zero-order valence-corrected chi connectivity index (χ0v) is 8.93. The van der Waals surface area contributed by atoms with E-state index in [0.717, 1.165) is 17.7 Å². The summed E-state index contributed by atoms with van der Waals surface area (Å²) in [7, 11) is 0. The fourth-order valence-electron chi connectivity index (χ4n) is 1.03. The minimum Gasteiger partial charge on any atom is -0.395 e. The number of rotatable bonds is 5. The number of nitrogens with zero attached hydrogens (tertiary/aromatic N) is 2. The number of aldehydes is 1. The van der Waals surface area contributed by atoms with Crippen LogP contribution in [0.1, 0.15) is 24.7 Å². The van der Waals surface area contributed by atoms with Crippen LogP contribution in [0, 0.1) is 6.92 Å². The van der Waals surface area contributed by atoms with Crippen LogP contribution in [-0.2, 0) is 9.63 Å². The summed E-state index contributed by atoms with van der Waals surface area (Å²) in [5.74, 6) is 0. The predicted molar refractivity (Wildman–Crippen MR) is 57.8 cm³/mol. The van der Waals surface area contributed by atoms with Crippen molar-refractivity contribution in [1.82, 2.24) is 4.98 Å². The molecular weight excluding hydrogens is 192 g/mol. The van der Waals surface area contributed by atoms with Crippen LogP contribution in [0.5, 0.6) is 0 Å². The number of hydrogen-bond donors (Lipinski definition) is 0. The number of carbonyl (C=O) groups excluding carboxylic acids is 1. The largest absolute Gasteiger partial charge is 0.395 e. The van der Waals surface area contributed by atoms with Gasteiger partial charge in [0.2, 0.25) is 0 Å². The van der Waals surface area contributed by atoms with Crippen molar-refractivity contribution in [2.45, 2.75) is 20.3 Å². The lowest BCUT2D eigenvalue weighted by Gasteiger charge is -2.01. The zero-order chi connectivity index (χ0) is 11.1. The van der Waals surface area contributed by atoms with Crippen LogP contribution in [0.2, 0.25) is 0 Å². The summed E-state index contributed by atoms with van der Waals surface area (Å²) in [6.45, 7) is 4.05. The van der Waals surface area contributed by atoms with Crippen LogP contribution in [0.4, 0.5) is 0 Å². The first-order valence-corrected chi connectivity index (χ1v) is 4.78. The number of aryl methyl sites for hydroxylation is 1. The first-order chi connectivity index (χ1) is 7.24. The van der Waals surface area contributed by atoms with Crippen LogP contribution in [0.25, 0.3) is 0 Å². The van der Waals surface area contributed by atoms with Crippen LogP contribution < -0.4 is 0 Å². The van der Waals surface area contributed by atoms with E-state index in [0.29, 0.717) is 18.7 Å². The van der Waals surface area contributed by atoms with Gasteiger partial charge in [-0.1, -0.05) is 11.2 Å². The summed E-state index contributed by atoms with van der Waals surface area (Å²) >= 11 is 0. The van der Waals surface area contributed by atoms with Gasteiger partial charge in [-0.25, -0.2) is 0 Å². The first-order valence-electron chi connectivity index (χ1n) is 4.78. The van der Waals surface area contributed by atoms with E-state index in [1.54, 1.807) is 0 Å². The van der Waals surface area contributed by atoms with Crippen molar-refractivity contribution in [3.63, 3.8) is 0 Å². The Kier molecular flexibility index (Phi) is 4.47. The molecule has 4 heteroatoms. The second-order valence-electron chi connectivity index (χ2n) is 3.13. The third kappa shape index (κ3) is 3.89. The number of oxime groups is 1. The highest BCUT2D eigenvalue weighted by Crippen LogP contribution is 2.00. The van der Waals surface area contributed by atoms with E-state index in [-0.39, 0.29) is 0 Å². The fraction of sp³-hybridized carbons (Fsp3) is 0.364. The van der Waals surface area contributed by atoms with Crippen molar-refractivity contribution < 1.29 is 9.63 Å². The molecule has 0 aromatic carbocycles. The molecule has 15 heavy (non-hydrogen) atoms. The van der Waals surface area contributed by atoms with Crippen molar-refractivity contribution in [3.05, 3.63) is 29.6 Å². The van der Waals surface area contributed by atoms with Crippen molar-refractivity contribution in [1.29, 1.82) is 0 Å². The maximum Gasteiger partial charge on any atom is 0.123 e. The van der Waals surface area contributed by atoms with E-state index in [1.165, 1.54) is 0 Å². The van der Waals surface area contributed by atoms with Gasteiger partial charge in [-0.2, -0.15) is 0 Å². The van der Waals surface area contributed by atoms with Crippen molar-refractivity contribution in [2.24, 2.45) is 5.16 Å². The van der Waals surface area contributed by atoms with Crippen molar-refractivity contribution in [3.8, 4) is 0 Å². The third-order valence-corrected chi connectivity index (χ3v) is 1.79. The highest BCUT2D eigenvalue weighted by Gasteiger charge is 1.99. The van der Waals surface area contributed by atoms with E-state index >= 15 is 0 Å². The maximum absolute atomic E-state index is 10.0. The molecule has 0 fully saturated rings. The molecule has 0 saturated carbocycles. The molecule has 0 aliphatic rings. The Bertz CT molecular complexity index is 361. The minimum absolute atomic E-state index is 0.312. The Balaban J connectivity index is 2.59. The van der Waals surface area contributed by atoms with Crippen LogP contribution in [0.15, 0.2) is 23.4 Å². The third-order valence-electron chi connectivity index (χ3n) is 1.79. The van der Waals surface area contributed by atoms with Gasteiger partial charge in [-0.3, -0.25) is 4.98 Å². The van der Waals surface area contributed by atoms with Crippen LogP contribution >= 0.6 is 0 Å². The zero-order valence-electron chi connectivity index (χ0n) is 8.93. The highest BCUT2D eigenvalue weighted by molar-refractivity contribution is 5.96. The highest BCUT2D eigenvalue weighted by atomic mass is 16.6.